The van der Waals surface area contributed by atoms with Crippen molar-refractivity contribution in [2.24, 2.45) is 0 Å². The fourth-order valence-electron chi connectivity index (χ4n) is 1.50. The van der Waals surface area contributed by atoms with Gasteiger partial charge in [0, 0.05) is 10.9 Å². The van der Waals surface area contributed by atoms with Crippen molar-refractivity contribution >= 4 is 23.6 Å². The lowest BCUT2D eigenvalue weighted by Crippen LogP contribution is -2.34. The molecule has 1 aromatic carbocycles. The highest BCUT2D eigenvalue weighted by atomic mass is 32.2. The lowest BCUT2D eigenvalue weighted by Gasteiger charge is -2.09. The Balaban J connectivity index is 2.32. The summed E-state index contributed by atoms with van der Waals surface area (Å²) in [6, 6.07) is 6.09. The normalized spacial score (nSPS) is 10.4. The van der Waals surface area contributed by atoms with Crippen LogP contribution in [0.1, 0.15) is 25.0 Å². The smallest absolute Gasteiger partial charge is 0.316 e. The first-order chi connectivity index (χ1) is 9.38. The Kier molecular flexibility index (Phi) is 6.58. The van der Waals surface area contributed by atoms with Crippen LogP contribution in [-0.4, -0.2) is 30.3 Å². The van der Waals surface area contributed by atoms with Gasteiger partial charge in [0.2, 0.25) is 0 Å². The molecule has 1 amide bonds. The number of hydrogen-bond donors (Lipinski definition) is 1. The molecule has 0 atom stereocenters. The number of benzene rings is 1. The monoisotopic (exact) mass is 295 g/mol. The molecule has 5 heteroatoms. The lowest BCUT2D eigenvalue weighted by molar-refractivity contribution is -0.146. The van der Waals surface area contributed by atoms with E-state index in [0.29, 0.717) is 0 Å². The Labute approximate surface area is 124 Å². The van der Waals surface area contributed by atoms with Gasteiger partial charge in [0.25, 0.3) is 5.91 Å². The maximum absolute atomic E-state index is 11.5. The Morgan fingerprint density at radius 3 is 2.55 bits per heavy atom. The minimum atomic E-state index is -0.382. The van der Waals surface area contributed by atoms with Gasteiger partial charge in [0.05, 0.1) is 5.75 Å². The molecule has 0 heterocycles. The molecule has 0 aliphatic rings. The minimum Gasteiger partial charge on any atom is -0.455 e. The number of carbonyl (C=O) groups is 2. The molecule has 0 bridgehead atoms. The molecule has 0 aromatic heterocycles. The number of aryl methyl sites for hydroxylation is 2. The highest BCUT2D eigenvalue weighted by Gasteiger charge is 2.09. The highest BCUT2D eigenvalue weighted by molar-refractivity contribution is 8.00. The molecule has 0 saturated heterocycles. The van der Waals surface area contributed by atoms with Crippen LogP contribution in [0.5, 0.6) is 0 Å². The van der Waals surface area contributed by atoms with E-state index in [-0.39, 0.29) is 30.3 Å². The number of carbonyl (C=O) groups excluding carboxylic acids is 2. The number of amides is 1. The molecular weight excluding hydrogens is 274 g/mol. The van der Waals surface area contributed by atoms with Gasteiger partial charge >= 0.3 is 5.97 Å². The first-order valence-electron chi connectivity index (χ1n) is 6.53. The van der Waals surface area contributed by atoms with E-state index in [1.165, 1.54) is 22.9 Å². The second-order valence-corrected chi connectivity index (χ2v) is 5.97. The van der Waals surface area contributed by atoms with Gasteiger partial charge in [0.1, 0.15) is 0 Å². The molecule has 0 radical (unpaired) electrons. The molecule has 0 unspecified atom stereocenters. The molecular formula is C15H21NO3S. The van der Waals surface area contributed by atoms with Crippen molar-refractivity contribution in [2.45, 2.75) is 38.6 Å². The third-order valence-electron chi connectivity index (χ3n) is 2.65. The highest BCUT2D eigenvalue weighted by Crippen LogP contribution is 2.20. The van der Waals surface area contributed by atoms with Gasteiger partial charge in [-0.25, -0.2) is 0 Å². The summed E-state index contributed by atoms with van der Waals surface area (Å²) < 4.78 is 4.91. The summed E-state index contributed by atoms with van der Waals surface area (Å²) in [5.74, 6) is -0.450. The SMILES string of the molecule is Cc1ccc(SCC(=O)OCC(=O)NC(C)C)cc1C. The van der Waals surface area contributed by atoms with Crippen molar-refractivity contribution in [1.29, 1.82) is 0 Å². The molecule has 20 heavy (non-hydrogen) atoms. The van der Waals surface area contributed by atoms with Crippen LogP contribution in [0.4, 0.5) is 0 Å². The molecule has 110 valence electrons. The van der Waals surface area contributed by atoms with Crippen LogP contribution in [-0.2, 0) is 14.3 Å². The van der Waals surface area contributed by atoms with Crippen LogP contribution in [0, 0.1) is 13.8 Å². The molecule has 0 aliphatic carbocycles. The second kappa shape index (κ2) is 7.94. The predicted octanol–water partition coefficient (Wildman–Crippen LogP) is 2.46. The van der Waals surface area contributed by atoms with Crippen molar-refractivity contribution in [3.05, 3.63) is 29.3 Å². The fourth-order valence-corrected chi connectivity index (χ4v) is 2.29. The minimum absolute atomic E-state index is 0.0473. The van der Waals surface area contributed by atoms with E-state index in [4.69, 9.17) is 4.74 Å². The van der Waals surface area contributed by atoms with Gasteiger partial charge in [-0.05, 0) is 51.0 Å². The lowest BCUT2D eigenvalue weighted by atomic mass is 10.1. The zero-order valence-electron chi connectivity index (χ0n) is 12.4. The maximum atomic E-state index is 11.5. The van der Waals surface area contributed by atoms with Crippen molar-refractivity contribution in [3.63, 3.8) is 0 Å². The fraction of sp³-hybridized carbons (Fsp3) is 0.467. The van der Waals surface area contributed by atoms with Crippen LogP contribution >= 0.6 is 11.8 Å². The Morgan fingerprint density at radius 1 is 1.25 bits per heavy atom. The second-order valence-electron chi connectivity index (χ2n) is 4.92. The van der Waals surface area contributed by atoms with Gasteiger partial charge in [-0.1, -0.05) is 6.07 Å². The van der Waals surface area contributed by atoms with Gasteiger partial charge in [-0.15, -0.1) is 11.8 Å². The molecule has 4 nitrogen and oxygen atoms in total. The number of esters is 1. The Hall–Kier alpha value is -1.49. The van der Waals surface area contributed by atoms with Crippen LogP contribution in [0.2, 0.25) is 0 Å². The summed E-state index contributed by atoms with van der Waals surface area (Å²) in [6.45, 7) is 7.58. The Bertz CT molecular complexity index is 486. The molecule has 0 fully saturated rings. The average molecular weight is 295 g/mol. The zero-order chi connectivity index (χ0) is 15.1. The van der Waals surface area contributed by atoms with Crippen molar-refractivity contribution in [2.75, 3.05) is 12.4 Å². The predicted molar refractivity (Wildman–Crippen MR) is 80.9 cm³/mol. The molecule has 1 rings (SSSR count). The van der Waals surface area contributed by atoms with E-state index in [1.807, 2.05) is 45.9 Å². The molecule has 0 saturated carbocycles. The van der Waals surface area contributed by atoms with Crippen molar-refractivity contribution in [3.8, 4) is 0 Å². The maximum Gasteiger partial charge on any atom is 0.316 e. The number of rotatable bonds is 6. The third-order valence-corrected chi connectivity index (χ3v) is 3.62. The van der Waals surface area contributed by atoms with Crippen LogP contribution < -0.4 is 5.32 Å². The average Bonchev–Trinajstić information content (AvgIpc) is 2.37. The van der Waals surface area contributed by atoms with Gasteiger partial charge in [0.15, 0.2) is 6.61 Å². The van der Waals surface area contributed by atoms with Crippen LogP contribution in [0.25, 0.3) is 0 Å². The van der Waals surface area contributed by atoms with E-state index in [9.17, 15) is 9.59 Å². The standard InChI is InChI=1S/C15H21NO3S/c1-10(2)16-14(17)8-19-15(18)9-20-13-6-5-11(3)12(4)7-13/h5-7,10H,8-9H2,1-4H3,(H,16,17). The molecule has 0 aliphatic heterocycles. The number of ether oxygens (including phenoxy) is 1. The van der Waals surface area contributed by atoms with E-state index >= 15 is 0 Å². The molecule has 1 N–H and O–H groups in total. The summed E-state index contributed by atoms with van der Waals surface area (Å²) in [7, 11) is 0. The number of nitrogens with one attached hydrogen (secondary N) is 1. The number of thioether (sulfide) groups is 1. The third kappa shape index (κ3) is 6.10. The summed E-state index contributed by atoms with van der Waals surface area (Å²) >= 11 is 1.41. The summed E-state index contributed by atoms with van der Waals surface area (Å²) in [5, 5.41) is 2.66. The number of hydrogen-bond acceptors (Lipinski definition) is 4. The van der Waals surface area contributed by atoms with Crippen LogP contribution in [0.15, 0.2) is 23.1 Å². The van der Waals surface area contributed by atoms with Gasteiger partial charge < -0.3 is 10.1 Å². The molecule has 0 spiro atoms. The first-order valence-corrected chi connectivity index (χ1v) is 7.52. The van der Waals surface area contributed by atoms with Crippen molar-refractivity contribution in [1.82, 2.24) is 5.32 Å². The summed E-state index contributed by atoms with van der Waals surface area (Å²) in [4.78, 5) is 23.9. The van der Waals surface area contributed by atoms with Gasteiger partial charge in [-0.3, -0.25) is 9.59 Å². The van der Waals surface area contributed by atoms with Gasteiger partial charge in [-0.2, -0.15) is 0 Å². The van der Waals surface area contributed by atoms with E-state index in [0.717, 1.165) is 4.90 Å². The first kappa shape index (κ1) is 16.6. The summed E-state index contributed by atoms with van der Waals surface area (Å²) in [6.07, 6.45) is 0. The van der Waals surface area contributed by atoms with E-state index in [2.05, 4.69) is 5.32 Å². The van der Waals surface area contributed by atoms with E-state index < -0.39 is 0 Å². The topological polar surface area (TPSA) is 55.4 Å². The van der Waals surface area contributed by atoms with Crippen LogP contribution in [0.3, 0.4) is 0 Å². The largest absolute Gasteiger partial charge is 0.455 e. The van der Waals surface area contributed by atoms with E-state index in [1.54, 1.807) is 0 Å². The summed E-state index contributed by atoms with van der Waals surface area (Å²) in [5.41, 5.74) is 2.42. The Morgan fingerprint density at radius 2 is 1.95 bits per heavy atom. The zero-order valence-corrected chi connectivity index (χ0v) is 13.2. The van der Waals surface area contributed by atoms with Crippen molar-refractivity contribution < 1.29 is 14.3 Å². The quantitative estimate of drug-likeness (QED) is 0.647. The molecule has 1 aromatic rings.